The van der Waals surface area contributed by atoms with Crippen LogP contribution < -0.4 is 4.74 Å². The van der Waals surface area contributed by atoms with Crippen molar-refractivity contribution >= 4 is 11.9 Å². The number of methoxy groups -OCH3 is 1. The summed E-state index contributed by atoms with van der Waals surface area (Å²) in [6, 6.07) is 7.59. The minimum Gasteiger partial charge on any atom is -0.496 e. The summed E-state index contributed by atoms with van der Waals surface area (Å²) in [5, 5.41) is 0. The third-order valence-corrected chi connectivity index (χ3v) is 2.50. The summed E-state index contributed by atoms with van der Waals surface area (Å²) in [6.45, 7) is 0. The maximum absolute atomic E-state index is 11.8. The van der Waals surface area contributed by atoms with Gasteiger partial charge < -0.3 is 4.74 Å². The Hall–Kier alpha value is -1.57. The molecule has 0 saturated heterocycles. The Bertz CT molecular complexity index is 415. The fourth-order valence-electron chi connectivity index (χ4n) is 1.60. The first kappa shape index (κ1) is 11.9. The summed E-state index contributed by atoms with van der Waals surface area (Å²) in [6.07, 6.45) is 10.6. The molecule has 0 spiro atoms. The Labute approximate surface area is 102 Å². The van der Waals surface area contributed by atoms with Gasteiger partial charge in [-0.25, -0.2) is 0 Å². The van der Waals surface area contributed by atoms with Gasteiger partial charge in [-0.1, -0.05) is 18.2 Å². The van der Waals surface area contributed by atoms with Crippen LogP contribution in [0, 0.1) is 31.6 Å². The van der Waals surface area contributed by atoms with Crippen LogP contribution in [0.3, 0.4) is 0 Å². The predicted octanol–water partition coefficient (Wildman–Crippen LogP) is 2.68. The van der Waals surface area contributed by atoms with Crippen LogP contribution in [0.25, 0.3) is 6.08 Å². The van der Waals surface area contributed by atoms with Crippen molar-refractivity contribution in [1.29, 1.82) is 0 Å². The van der Waals surface area contributed by atoms with E-state index in [0.717, 1.165) is 11.3 Å². The van der Waals surface area contributed by atoms with Crippen LogP contribution in [0.5, 0.6) is 5.75 Å². The standard InChI is InChI=1S/C15H13O2/c1-17-15-9-5-4-8-13(15)10-11-14(16)12-6-2-3-7-12/h2-11H,1H3/b11-10+. The molecule has 1 aliphatic carbocycles. The summed E-state index contributed by atoms with van der Waals surface area (Å²) >= 11 is 0. The van der Waals surface area contributed by atoms with Crippen molar-refractivity contribution in [3.05, 3.63) is 67.5 Å². The maximum Gasteiger partial charge on any atom is 0.163 e. The number of ketones is 1. The molecule has 1 saturated carbocycles. The third-order valence-electron chi connectivity index (χ3n) is 2.50. The largest absolute Gasteiger partial charge is 0.496 e. The van der Waals surface area contributed by atoms with E-state index < -0.39 is 0 Å². The quantitative estimate of drug-likeness (QED) is 0.736. The number of rotatable bonds is 4. The van der Waals surface area contributed by atoms with E-state index in [1.165, 1.54) is 0 Å². The maximum atomic E-state index is 11.8. The van der Waals surface area contributed by atoms with Gasteiger partial charge in [-0.15, -0.1) is 0 Å². The SMILES string of the molecule is COc1ccccc1/C=C/C(=O)[C]1[CH][CH][CH][CH]1. The van der Waals surface area contributed by atoms with E-state index >= 15 is 0 Å². The Morgan fingerprint density at radius 1 is 1.18 bits per heavy atom. The molecule has 0 N–H and O–H groups in total. The number of carbonyl (C=O) groups excluding carboxylic acids is 1. The molecule has 0 bridgehead atoms. The highest BCUT2D eigenvalue weighted by atomic mass is 16.5. The first-order valence-electron chi connectivity index (χ1n) is 5.38. The van der Waals surface area contributed by atoms with Gasteiger partial charge >= 0.3 is 0 Å². The van der Waals surface area contributed by atoms with E-state index in [0.29, 0.717) is 5.92 Å². The van der Waals surface area contributed by atoms with E-state index in [2.05, 4.69) is 0 Å². The normalized spacial score (nSPS) is 16.5. The topological polar surface area (TPSA) is 26.3 Å². The Morgan fingerprint density at radius 3 is 2.59 bits per heavy atom. The molecule has 1 fully saturated rings. The summed E-state index contributed by atoms with van der Waals surface area (Å²) in [7, 11) is 1.62. The van der Waals surface area contributed by atoms with Crippen molar-refractivity contribution in [3.8, 4) is 5.75 Å². The van der Waals surface area contributed by atoms with Gasteiger partial charge in [0.25, 0.3) is 0 Å². The van der Waals surface area contributed by atoms with E-state index in [1.807, 2.05) is 37.1 Å². The number of para-hydroxylation sites is 1. The molecule has 0 aromatic heterocycles. The second-order valence-electron chi connectivity index (χ2n) is 3.61. The van der Waals surface area contributed by atoms with E-state index in [1.54, 1.807) is 32.1 Å². The average molecular weight is 225 g/mol. The molecule has 1 aromatic rings. The van der Waals surface area contributed by atoms with Crippen LogP contribution in [-0.4, -0.2) is 12.9 Å². The lowest BCUT2D eigenvalue weighted by atomic mass is 10.0. The van der Waals surface area contributed by atoms with Crippen LogP contribution in [0.15, 0.2) is 30.3 Å². The minimum atomic E-state index is 0.000839. The van der Waals surface area contributed by atoms with Crippen molar-refractivity contribution in [1.82, 2.24) is 0 Å². The smallest absolute Gasteiger partial charge is 0.163 e. The van der Waals surface area contributed by atoms with Crippen LogP contribution >= 0.6 is 0 Å². The highest BCUT2D eigenvalue weighted by Gasteiger charge is 2.22. The van der Waals surface area contributed by atoms with Crippen LogP contribution in [0.4, 0.5) is 0 Å². The van der Waals surface area contributed by atoms with Crippen molar-refractivity contribution in [2.45, 2.75) is 0 Å². The molecule has 2 nitrogen and oxygen atoms in total. The van der Waals surface area contributed by atoms with Gasteiger partial charge in [0.1, 0.15) is 5.75 Å². The monoisotopic (exact) mass is 225 g/mol. The van der Waals surface area contributed by atoms with Crippen LogP contribution in [-0.2, 0) is 4.79 Å². The van der Waals surface area contributed by atoms with Crippen molar-refractivity contribution in [2.75, 3.05) is 7.11 Å². The van der Waals surface area contributed by atoms with Gasteiger partial charge in [0.2, 0.25) is 0 Å². The lowest BCUT2D eigenvalue weighted by Crippen LogP contribution is -2.05. The lowest BCUT2D eigenvalue weighted by Gasteiger charge is -2.04. The van der Waals surface area contributed by atoms with Crippen LogP contribution in [0.1, 0.15) is 5.56 Å². The highest BCUT2D eigenvalue weighted by molar-refractivity contribution is 6.07. The molecule has 17 heavy (non-hydrogen) atoms. The van der Waals surface area contributed by atoms with E-state index in [9.17, 15) is 4.79 Å². The number of hydrogen-bond donors (Lipinski definition) is 0. The fraction of sp³-hybridized carbons (Fsp3) is 0.0667. The van der Waals surface area contributed by atoms with Crippen molar-refractivity contribution in [2.24, 2.45) is 0 Å². The second kappa shape index (κ2) is 5.67. The van der Waals surface area contributed by atoms with Gasteiger partial charge in [-0.2, -0.15) is 0 Å². The van der Waals surface area contributed by atoms with Gasteiger partial charge in [0, 0.05) is 5.56 Å². The number of ether oxygens (including phenoxy) is 1. The van der Waals surface area contributed by atoms with Crippen molar-refractivity contribution < 1.29 is 9.53 Å². The molecule has 2 rings (SSSR count). The summed E-state index contributed by atoms with van der Waals surface area (Å²) in [5.74, 6) is 1.47. The molecule has 0 unspecified atom stereocenters. The molecule has 0 aliphatic heterocycles. The van der Waals surface area contributed by atoms with Crippen molar-refractivity contribution in [3.63, 3.8) is 0 Å². The molecular formula is C15H13O2. The van der Waals surface area contributed by atoms with E-state index in [4.69, 9.17) is 4.74 Å². The first-order chi connectivity index (χ1) is 8.31. The molecule has 0 amide bonds. The second-order valence-corrected chi connectivity index (χ2v) is 3.61. The van der Waals surface area contributed by atoms with Crippen LogP contribution in [0.2, 0.25) is 0 Å². The Morgan fingerprint density at radius 2 is 1.88 bits per heavy atom. The number of allylic oxidation sites excluding steroid dienone is 1. The number of benzene rings is 1. The molecule has 2 heteroatoms. The zero-order valence-electron chi connectivity index (χ0n) is 9.59. The fourth-order valence-corrected chi connectivity index (χ4v) is 1.60. The lowest BCUT2D eigenvalue weighted by molar-refractivity contribution is -0.112. The molecule has 5 radical (unpaired) electrons. The van der Waals surface area contributed by atoms with Gasteiger partial charge in [-0.3, -0.25) is 4.79 Å². The molecule has 1 aliphatic rings. The van der Waals surface area contributed by atoms with E-state index in [-0.39, 0.29) is 5.78 Å². The average Bonchev–Trinajstić information content (AvgIpc) is 2.90. The highest BCUT2D eigenvalue weighted by Crippen LogP contribution is 2.25. The Balaban J connectivity index is 2.06. The van der Waals surface area contributed by atoms with Gasteiger partial charge in [-0.05, 0) is 43.9 Å². The predicted molar refractivity (Wildman–Crippen MR) is 67.5 cm³/mol. The third kappa shape index (κ3) is 2.96. The zero-order chi connectivity index (χ0) is 12.1. The van der Waals surface area contributed by atoms with Gasteiger partial charge in [0.15, 0.2) is 5.78 Å². The summed E-state index contributed by atoms with van der Waals surface area (Å²) in [4.78, 5) is 11.8. The first-order valence-corrected chi connectivity index (χ1v) is 5.38. The number of hydrogen-bond acceptors (Lipinski definition) is 2. The molecule has 1 aromatic carbocycles. The zero-order valence-corrected chi connectivity index (χ0v) is 9.59. The molecule has 0 atom stereocenters. The minimum absolute atomic E-state index is 0.000839. The van der Waals surface area contributed by atoms with Gasteiger partial charge in [0.05, 0.1) is 13.0 Å². The molecule has 0 heterocycles. The summed E-state index contributed by atoms with van der Waals surface area (Å²) in [5.41, 5.74) is 0.898. The molecular weight excluding hydrogens is 212 g/mol. The summed E-state index contributed by atoms with van der Waals surface area (Å²) < 4.78 is 5.21. The molecule has 85 valence electrons. The number of carbonyl (C=O) groups is 1. The Kier molecular flexibility index (Phi) is 3.97.